The Kier molecular flexibility index (Phi) is 5.38. The molecule has 0 spiro atoms. The molecule has 168 valence electrons. The predicted molar refractivity (Wildman–Crippen MR) is 130 cm³/mol. The molecule has 0 unspecified atom stereocenters. The highest BCUT2D eigenvalue weighted by Gasteiger charge is 2.61. The van der Waals surface area contributed by atoms with E-state index in [2.05, 4.69) is 77.0 Å². The van der Waals surface area contributed by atoms with Crippen LogP contribution in [-0.2, 0) is 18.9 Å². The first-order valence-corrected chi connectivity index (χ1v) is 10.7. The number of amidine groups is 1. The van der Waals surface area contributed by atoms with Gasteiger partial charge in [0.1, 0.15) is 5.84 Å². The van der Waals surface area contributed by atoms with Crippen LogP contribution in [0.4, 0.5) is 0 Å². The lowest BCUT2D eigenvalue weighted by Gasteiger charge is -2.37. The zero-order valence-electron chi connectivity index (χ0n) is 19.1. The van der Waals surface area contributed by atoms with Crippen LogP contribution in [0.1, 0.15) is 5.56 Å². The quantitative estimate of drug-likeness (QED) is 0.340. The zero-order chi connectivity index (χ0) is 23.1. The molecule has 0 aromatic heterocycles. The van der Waals surface area contributed by atoms with Gasteiger partial charge in [-0.25, -0.2) is 4.99 Å². The topological polar surface area (TPSA) is 61.3 Å². The highest BCUT2D eigenvalue weighted by molar-refractivity contribution is 6.13. The number of nitrogens with one attached hydrogen (secondary N) is 1. The number of hydrogen-bond acceptors (Lipinski definition) is 6. The lowest BCUT2D eigenvalue weighted by molar-refractivity contribution is -0.383. The second-order valence-electron chi connectivity index (χ2n) is 7.87. The molecule has 0 fully saturated rings. The van der Waals surface area contributed by atoms with Crippen LogP contribution >= 0.6 is 0 Å². The molecule has 1 N–H and O–H groups in total. The molecule has 1 heterocycles. The van der Waals surface area contributed by atoms with Gasteiger partial charge < -0.3 is 24.3 Å². The van der Waals surface area contributed by atoms with Gasteiger partial charge in [0.25, 0.3) is 0 Å². The first-order valence-electron chi connectivity index (χ1n) is 10.7. The van der Waals surface area contributed by atoms with Gasteiger partial charge in [0.2, 0.25) is 0 Å². The van der Waals surface area contributed by atoms with Crippen molar-refractivity contribution in [3.05, 3.63) is 84.4 Å². The minimum Gasteiger partial charge on any atom is -0.330 e. The Hall–Kier alpha value is -3.29. The van der Waals surface area contributed by atoms with Gasteiger partial charge in [0.15, 0.2) is 0 Å². The van der Waals surface area contributed by atoms with Crippen molar-refractivity contribution in [2.45, 2.75) is 11.8 Å². The van der Waals surface area contributed by atoms with Crippen LogP contribution in [0.3, 0.4) is 0 Å². The van der Waals surface area contributed by atoms with Crippen LogP contribution in [0.15, 0.2) is 83.9 Å². The van der Waals surface area contributed by atoms with Gasteiger partial charge in [-0.2, -0.15) is 0 Å². The second-order valence-corrected chi connectivity index (χ2v) is 7.87. The Morgan fingerprint density at radius 1 is 0.636 bits per heavy atom. The van der Waals surface area contributed by atoms with Crippen LogP contribution in [0.5, 0.6) is 0 Å². The van der Waals surface area contributed by atoms with Crippen molar-refractivity contribution < 1.29 is 18.9 Å². The van der Waals surface area contributed by atoms with Crippen molar-refractivity contribution in [1.29, 1.82) is 0 Å². The number of ether oxygens (including phenoxy) is 4. The van der Waals surface area contributed by atoms with E-state index in [0.29, 0.717) is 5.84 Å². The van der Waals surface area contributed by atoms with Gasteiger partial charge >= 0.3 is 11.8 Å². The Labute approximate surface area is 192 Å². The molecule has 0 aliphatic carbocycles. The molecule has 0 radical (unpaired) electrons. The number of nitrogens with zero attached hydrogens (tertiary/aromatic N) is 1. The van der Waals surface area contributed by atoms with E-state index >= 15 is 0 Å². The largest absolute Gasteiger partial charge is 0.350 e. The molecule has 0 bridgehead atoms. The van der Waals surface area contributed by atoms with E-state index in [0.717, 1.165) is 11.1 Å². The third-order valence-corrected chi connectivity index (χ3v) is 6.30. The SMILES string of the molecule is COC1(OC)N=C(c2ccc(-c3c4ccccc4cc4ccccc34)cc2)NC1(OC)OC. The van der Waals surface area contributed by atoms with Crippen LogP contribution in [-0.4, -0.2) is 46.1 Å². The summed E-state index contributed by atoms with van der Waals surface area (Å²) in [5, 5.41) is 8.05. The predicted octanol–water partition coefficient (Wildman–Crippen LogP) is 4.90. The average Bonchev–Trinajstić information content (AvgIpc) is 3.22. The van der Waals surface area contributed by atoms with E-state index in [1.54, 1.807) is 0 Å². The van der Waals surface area contributed by atoms with Gasteiger partial charge in [-0.1, -0.05) is 72.8 Å². The fourth-order valence-corrected chi connectivity index (χ4v) is 4.63. The second kappa shape index (κ2) is 8.24. The molecule has 33 heavy (non-hydrogen) atoms. The lowest BCUT2D eigenvalue weighted by Crippen LogP contribution is -2.62. The van der Waals surface area contributed by atoms with Crippen LogP contribution in [0.25, 0.3) is 32.7 Å². The number of hydrogen-bond donors (Lipinski definition) is 1. The van der Waals surface area contributed by atoms with Crippen LogP contribution in [0.2, 0.25) is 0 Å². The molecule has 6 nitrogen and oxygen atoms in total. The molecule has 0 amide bonds. The fourth-order valence-electron chi connectivity index (χ4n) is 4.63. The molecule has 5 rings (SSSR count). The molecule has 4 aromatic carbocycles. The lowest BCUT2D eigenvalue weighted by atomic mass is 9.91. The summed E-state index contributed by atoms with van der Waals surface area (Å²) in [6.07, 6.45) is 0. The van der Waals surface area contributed by atoms with E-state index < -0.39 is 11.8 Å². The van der Waals surface area contributed by atoms with Crippen molar-refractivity contribution in [3.63, 3.8) is 0 Å². The summed E-state index contributed by atoms with van der Waals surface area (Å²) in [5.74, 6) is -2.33. The summed E-state index contributed by atoms with van der Waals surface area (Å²) in [6.45, 7) is 0. The van der Waals surface area contributed by atoms with E-state index in [1.165, 1.54) is 55.5 Å². The maximum absolute atomic E-state index is 5.59. The average molecular weight is 443 g/mol. The standard InChI is InChI=1S/C27H26N2O4/c1-30-26(31-2)27(32-3,33-4)29-25(28-26)19-15-13-18(14-16-19)24-22-11-7-5-9-20(22)17-21-10-6-8-12-23(21)24/h5-17H,1-4H3,(H,28,29). The van der Waals surface area contributed by atoms with Gasteiger partial charge in [-0.05, 0) is 38.7 Å². The third-order valence-electron chi connectivity index (χ3n) is 6.30. The zero-order valence-corrected chi connectivity index (χ0v) is 19.1. The van der Waals surface area contributed by atoms with Crippen molar-refractivity contribution in [2.24, 2.45) is 4.99 Å². The number of methoxy groups -OCH3 is 4. The summed E-state index contributed by atoms with van der Waals surface area (Å²) in [5.41, 5.74) is 3.19. The molecular formula is C27H26N2O4. The molecule has 1 aliphatic heterocycles. The molecule has 0 saturated heterocycles. The molecule has 1 aliphatic rings. The Balaban J connectivity index is 1.61. The molecule has 6 heteroatoms. The summed E-state index contributed by atoms with van der Waals surface area (Å²) in [7, 11) is 6.02. The smallest absolute Gasteiger partial charge is 0.330 e. The first-order chi connectivity index (χ1) is 16.1. The van der Waals surface area contributed by atoms with E-state index in [1.807, 2.05) is 12.1 Å². The first kappa shape index (κ1) is 21.6. The Bertz CT molecular complexity index is 1290. The minimum absolute atomic E-state index is 0.553. The molecular weight excluding hydrogens is 416 g/mol. The number of rotatable bonds is 6. The van der Waals surface area contributed by atoms with Gasteiger partial charge in [0.05, 0.1) is 0 Å². The number of aliphatic imine (C=N–C) groups is 1. The van der Waals surface area contributed by atoms with E-state index in [-0.39, 0.29) is 0 Å². The maximum atomic E-state index is 5.59. The number of fused-ring (bicyclic) bond motifs is 2. The fraction of sp³-hybridized carbons (Fsp3) is 0.222. The highest BCUT2D eigenvalue weighted by atomic mass is 16.8. The normalized spacial score (nSPS) is 16.7. The van der Waals surface area contributed by atoms with E-state index in [4.69, 9.17) is 18.9 Å². The Morgan fingerprint density at radius 2 is 1.15 bits per heavy atom. The van der Waals surface area contributed by atoms with Crippen molar-refractivity contribution in [2.75, 3.05) is 28.4 Å². The molecule has 0 atom stereocenters. The Morgan fingerprint density at radius 3 is 1.64 bits per heavy atom. The summed E-state index contributed by atoms with van der Waals surface area (Å²) < 4.78 is 22.3. The van der Waals surface area contributed by atoms with Crippen molar-refractivity contribution in [1.82, 2.24) is 5.32 Å². The third kappa shape index (κ3) is 3.22. The van der Waals surface area contributed by atoms with Crippen LogP contribution in [0, 0.1) is 0 Å². The summed E-state index contributed by atoms with van der Waals surface area (Å²) in [6, 6.07) is 27.5. The van der Waals surface area contributed by atoms with Crippen LogP contribution < -0.4 is 5.32 Å². The molecule has 0 saturated carbocycles. The molecule has 4 aromatic rings. The summed E-state index contributed by atoms with van der Waals surface area (Å²) in [4.78, 5) is 4.64. The van der Waals surface area contributed by atoms with Crippen molar-refractivity contribution in [3.8, 4) is 11.1 Å². The van der Waals surface area contributed by atoms with Gasteiger partial charge in [0, 0.05) is 34.0 Å². The maximum Gasteiger partial charge on any atom is 0.350 e. The van der Waals surface area contributed by atoms with Crippen molar-refractivity contribution >= 4 is 27.4 Å². The number of benzene rings is 4. The van der Waals surface area contributed by atoms with E-state index in [9.17, 15) is 0 Å². The monoisotopic (exact) mass is 442 g/mol. The summed E-state index contributed by atoms with van der Waals surface area (Å²) >= 11 is 0. The van der Waals surface area contributed by atoms with Gasteiger partial charge in [-0.3, -0.25) is 0 Å². The highest BCUT2D eigenvalue weighted by Crippen LogP contribution is 2.38. The minimum atomic E-state index is -1.48. The van der Waals surface area contributed by atoms with Gasteiger partial charge in [-0.15, -0.1) is 0 Å².